The number of fused-ring (bicyclic) bond motifs is 1. The number of unbranched alkanes of at least 4 members (excludes halogenated alkanes) is 1. The SMILES string of the molecule is CCCCNc1ccc2c(c1)OC(N)=C(C#N)C2c1cc(OC)c(OC)c(OC)c1. The number of nitrogens with zero attached hydrogens (tertiary/aromatic N) is 1. The van der Waals surface area contributed by atoms with E-state index in [1.54, 1.807) is 21.3 Å². The zero-order valence-corrected chi connectivity index (χ0v) is 17.7. The molecule has 7 heteroatoms. The summed E-state index contributed by atoms with van der Waals surface area (Å²) >= 11 is 0. The fourth-order valence-corrected chi connectivity index (χ4v) is 3.59. The van der Waals surface area contributed by atoms with E-state index in [9.17, 15) is 5.26 Å². The number of nitrogens with two attached hydrogens (primary N) is 1. The summed E-state index contributed by atoms with van der Waals surface area (Å²) in [7, 11) is 4.67. The lowest BCUT2D eigenvalue weighted by molar-refractivity contribution is 0.323. The third-order valence-electron chi connectivity index (χ3n) is 5.10. The molecule has 0 radical (unpaired) electrons. The summed E-state index contributed by atoms with van der Waals surface area (Å²) in [6.07, 6.45) is 2.19. The predicted molar refractivity (Wildman–Crippen MR) is 115 cm³/mol. The number of hydrogen-bond donors (Lipinski definition) is 2. The second-order valence-electron chi connectivity index (χ2n) is 6.92. The average Bonchev–Trinajstić information content (AvgIpc) is 2.77. The molecule has 0 bridgehead atoms. The van der Waals surface area contributed by atoms with Crippen molar-refractivity contribution in [1.29, 1.82) is 5.26 Å². The third-order valence-corrected chi connectivity index (χ3v) is 5.10. The lowest BCUT2D eigenvalue weighted by Crippen LogP contribution is -2.21. The van der Waals surface area contributed by atoms with Gasteiger partial charge in [-0.25, -0.2) is 0 Å². The molecule has 0 aliphatic carbocycles. The molecule has 2 aromatic rings. The van der Waals surface area contributed by atoms with Gasteiger partial charge in [0.25, 0.3) is 0 Å². The molecule has 1 aliphatic rings. The molecule has 0 aromatic heterocycles. The molecule has 2 aromatic carbocycles. The van der Waals surface area contributed by atoms with Gasteiger partial charge in [-0.3, -0.25) is 0 Å². The Balaban J connectivity index is 2.11. The molecule has 1 atom stereocenters. The van der Waals surface area contributed by atoms with E-state index in [1.165, 1.54) is 0 Å². The minimum absolute atomic E-state index is 0.0921. The van der Waals surface area contributed by atoms with E-state index in [4.69, 9.17) is 24.7 Å². The van der Waals surface area contributed by atoms with Gasteiger partial charge in [0.05, 0.1) is 27.2 Å². The van der Waals surface area contributed by atoms with Crippen molar-refractivity contribution in [2.24, 2.45) is 5.73 Å². The number of nitriles is 1. The maximum atomic E-state index is 9.80. The maximum Gasteiger partial charge on any atom is 0.205 e. The van der Waals surface area contributed by atoms with Crippen molar-refractivity contribution in [3.63, 3.8) is 0 Å². The van der Waals surface area contributed by atoms with Crippen molar-refractivity contribution in [1.82, 2.24) is 0 Å². The Kier molecular flexibility index (Phi) is 6.58. The van der Waals surface area contributed by atoms with E-state index >= 15 is 0 Å². The second-order valence-corrected chi connectivity index (χ2v) is 6.92. The standard InChI is InChI=1S/C23H27N3O4/c1-5-6-9-26-15-7-8-16-18(12-15)30-23(25)17(13-24)21(16)14-10-19(27-2)22(29-4)20(11-14)28-3/h7-8,10-12,21,26H,5-6,9,25H2,1-4H3. The smallest absolute Gasteiger partial charge is 0.205 e. The highest BCUT2D eigenvalue weighted by molar-refractivity contribution is 5.63. The van der Waals surface area contributed by atoms with Crippen LogP contribution in [0.25, 0.3) is 0 Å². The molecule has 0 spiro atoms. The normalized spacial score (nSPS) is 15.0. The minimum Gasteiger partial charge on any atom is -0.493 e. The van der Waals surface area contributed by atoms with E-state index in [2.05, 4.69) is 18.3 Å². The lowest BCUT2D eigenvalue weighted by atomic mass is 9.83. The predicted octanol–water partition coefficient (Wildman–Crippen LogP) is 4.14. The van der Waals surface area contributed by atoms with Crippen molar-refractivity contribution in [2.45, 2.75) is 25.7 Å². The van der Waals surface area contributed by atoms with Crippen molar-refractivity contribution in [2.75, 3.05) is 33.2 Å². The number of rotatable bonds is 8. The third kappa shape index (κ3) is 3.94. The molecule has 0 amide bonds. The van der Waals surface area contributed by atoms with Gasteiger partial charge in [0, 0.05) is 23.9 Å². The Bertz CT molecular complexity index is 969. The Labute approximate surface area is 177 Å². The summed E-state index contributed by atoms with van der Waals surface area (Å²) in [4.78, 5) is 0. The Hall–Kier alpha value is -3.53. The number of ether oxygens (including phenoxy) is 4. The Morgan fingerprint density at radius 3 is 2.37 bits per heavy atom. The number of allylic oxidation sites excluding steroid dienone is 1. The molecule has 1 heterocycles. The van der Waals surface area contributed by atoms with E-state index < -0.39 is 5.92 Å². The van der Waals surface area contributed by atoms with Crippen LogP contribution < -0.4 is 30.0 Å². The zero-order valence-electron chi connectivity index (χ0n) is 17.7. The molecule has 0 saturated carbocycles. The van der Waals surface area contributed by atoms with Crippen LogP contribution >= 0.6 is 0 Å². The Morgan fingerprint density at radius 1 is 1.10 bits per heavy atom. The van der Waals surface area contributed by atoms with Crippen LogP contribution in [-0.2, 0) is 0 Å². The molecule has 1 unspecified atom stereocenters. The molecule has 3 N–H and O–H groups in total. The summed E-state index contributed by atoms with van der Waals surface area (Å²) in [6.45, 7) is 3.02. The quantitative estimate of drug-likeness (QED) is 0.632. The highest BCUT2D eigenvalue weighted by Crippen LogP contribution is 2.47. The van der Waals surface area contributed by atoms with E-state index in [-0.39, 0.29) is 5.88 Å². The minimum atomic E-state index is -0.419. The van der Waals surface area contributed by atoms with E-state index in [0.29, 0.717) is 28.6 Å². The van der Waals surface area contributed by atoms with Gasteiger partial charge in [-0.1, -0.05) is 19.4 Å². The summed E-state index contributed by atoms with van der Waals surface area (Å²) in [5.74, 6) is 1.79. The van der Waals surface area contributed by atoms with Gasteiger partial charge in [-0.2, -0.15) is 5.26 Å². The highest BCUT2D eigenvalue weighted by Gasteiger charge is 2.32. The first-order chi connectivity index (χ1) is 14.6. The zero-order chi connectivity index (χ0) is 21.7. The second kappa shape index (κ2) is 9.31. The fourth-order valence-electron chi connectivity index (χ4n) is 3.59. The van der Waals surface area contributed by atoms with Crippen LogP contribution in [0.15, 0.2) is 41.8 Å². The van der Waals surface area contributed by atoms with Crippen molar-refractivity contribution in [3.8, 4) is 29.1 Å². The van der Waals surface area contributed by atoms with Crippen molar-refractivity contribution >= 4 is 5.69 Å². The highest BCUT2D eigenvalue weighted by atomic mass is 16.5. The number of benzene rings is 2. The summed E-state index contributed by atoms with van der Waals surface area (Å²) in [6, 6.07) is 11.7. The topological polar surface area (TPSA) is 98.8 Å². The van der Waals surface area contributed by atoms with E-state index in [0.717, 1.165) is 36.2 Å². The number of nitrogens with one attached hydrogen (secondary N) is 1. The summed E-state index contributed by atoms with van der Waals surface area (Å²) in [5.41, 5.74) is 9.04. The molecule has 0 fully saturated rings. The van der Waals surface area contributed by atoms with Crippen LogP contribution in [0.2, 0.25) is 0 Å². The molecule has 1 aliphatic heterocycles. The fraction of sp³-hybridized carbons (Fsp3) is 0.348. The van der Waals surface area contributed by atoms with Gasteiger partial charge in [-0.05, 0) is 30.2 Å². The number of hydrogen-bond acceptors (Lipinski definition) is 7. The molecular weight excluding hydrogens is 382 g/mol. The molecule has 7 nitrogen and oxygen atoms in total. The monoisotopic (exact) mass is 409 g/mol. The number of anilines is 1. The van der Waals surface area contributed by atoms with Crippen LogP contribution in [0.4, 0.5) is 5.69 Å². The lowest BCUT2D eigenvalue weighted by Gasteiger charge is -2.28. The first kappa shape index (κ1) is 21.2. The maximum absolute atomic E-state index is 9.80. The van der Waals surface area contributed by atoms with Crippen LogP contribution in [0.3, 0.4) is 0 Å². The van der Waals surface area contributed by atoms with Gasteiger partial charge in [0.1, 0.15) is 17.4 Å². The van der Waals surface area contributed by atoms with Crippen LogP contribution in [0, 0.1) is 11.3 Å². The van der Waals surface area contributed by atoms with Gasteiger partial charge in [0.15, 0.2) is 11.5 Å². The number of methoxy groups -OCH3 is 3. The van der Waals surface area contributed by atoms with Gasteiger partial charge >= 0.3 is 0 Å². The first-order valence-electron chi connectivity index (χ1n) is 9.83. The Morgan fingerprint density at radius 2 is 1.80 bits per heavy atom. The van der Waals surface area contributed by atoms with Crippen LogP contribution in [0.5, 0.6) is 23.0 Å². The molecule has 158 valence electrons. The van der Waals surface area contributed by atoms with Gasteiger partial charge in [0.2, 0.25) is 11.6 Å². The van der Waals surface area contributed by atoms with Gasteiger partial charge in [-0.15, -0.1) is 0 Å². The molecule has 3 rings (SSSR count). The molecule has 30 heavy (non-hydrogen) atoms. The summed E-state index contributed by atoms with van der Waals surface area (Å²) in [5, 5.41) is 13.2. The van der Waals surface area contributed by atoms with Crippen LogP contribution in [0.1, 0.15) is 36.8 Å². The first-order valence-corrected chi connectivity index (χ1v) is 9.83. The van der Waals surface area contributed by atoms with E-state index in [1.807, 2.05) is 30.3 Å². The van der Waals surface area contributed by atoms with Crippen molar-refractivity contribution in [3.05, 3.63) is 52.9 Å². The van der Waals surface area contributed by atoms with Crippen molar-refractivity contribution < 1.29 is 18.9 Å². The van der Waals surface area contributed by atoms with Gasteiger partial charge < -0.3 is 30.0 Å². The van der Waals surface area contributed by atoms with Crippen LogP contribution in [-0.4, -0.2) is 27.9 Å². The summed E-state index contributed by atoms with van der Waals surface area (Å²) < 4.78 is 22.2. The molecule has 0 saturated heterocycles. The average molecular weight is 409 g/mol. The largest absolute Gasteiger partial charge is 0.493 e. The molecular formula is C23H27N3O4.